The van der Waals surface area contributed by atoms with Gasteiger partial charge in [0.05, 0.1) is 12.7 Å². The van der Waals surface area contributed by atoms with E-state index in [4.69, 9.17) is 4.74 Å². The maximum absolute atomic E-state index is 11.6. The van der Waals surface area contributed by atoms with Gasteiger partial charge in [-0.05, 0) is 47.4 Å². The molecule has 1 aliphatic rings. The fourth-order valence-corrected chi connectivity index (χ4v) is 3.10. The maximum atomic E-state index is 11.6. The Morgan fingerprint density at radius 1 is 1.18 bits per heavy atom. The molecule has 0 bridgehead atoms. The molecule has 0 saturated carbocycles. The van der Waals surface area contributed by atoms with Gasteiger partial charge < -0.3 is 4.74 Å². The number of fused-ring (bicyclic) bond motifs is 1. The molecule has 114 valence electrons. The molecule has 22 heavy (non-hydrogen) atoms. The second-order valence-electron chi connectivity index (χ2n) is 5.56. The number of carbonyl (C=O) groups is 1. The van der Waals surface area contributed by atoms with Crippen LogP contribution in [0.2, 0.25) is 0 Å². The summed E-state index contributed by atoms with van der Waals surface area (Å²) in [6.45, 7) is 2.88. The lowest BCUT2D eigenvalue weighted by molar-refractivity contribution is 0.0600. The van der Waals surface area contributed by atoms with E-state index in [1.807, 2.05) is 12.1 Å². The van der Waals surface area contributed by atoms with E-state index in [2.05, 4.69) is 51.2 Å². The van der Waals surface area contributed by atoms with Gasteiger partial charge in [-0.15, -0.1) is 0 Å². The number of ether oxygens (including phenoxy) is 1. The van der Waals surface area contributed by atoms with Crippen molar-refractivity contribution in [2.45, 2.75) is 19.5 Å². The Morgan fingerprint density at radius 3 is 2.68 bits per heavy atom. The van der Waals surface area contributed by atoms with Gasteiger partial charge in [0.25, 0.3) is 0 Å². The molecule has 0 aromatic heterocycles. The zero-order chi connectivity index (χ0) is 15.5. The first-order valence-corrected chi connectivity index (χ1v) is 8.12. The van der Waals surface area contributed by atoms with Crippen LogP contribution in [-0.4, -0.2) is 24.5 Å². The fraction of sp³-hybridized carbons (Fsp3) is 0.278. The molecule has 2 aromatic carbocycles. The fourth-order valence-electron chi connectivity index (χ4n) is 2.84. The van der Waals surface area contributed by atoms with Crippen LogP contribution in [0.15, 0.2) is 46.9 Å². The zero-order valence-electron chi connectivity index (χ0n) is 12.5. The summed E-state index contributed by atoms with van der Waals surface area (Å²) in [5.41, 5.74) is 4.52. The molecule has 1 aliphatic heterocycles. The SMILES string of the molecule is COC(=O)c1ccc2c(c1)CCN(Cc1ccc(Br)cc1)C2. The minimum absolute atomic E-state index is 0.264. The number of halogens is 1. The summed E-state index contributed by atoms with van der Waals surface area (Å²) in [6.07, 6.45) is 0.969. The van der Waals surface area contributed by atoms with Gasteiger partial charge in [-0.1, -0.05) is 34.1 Å². The normalized spacial score (nSPS) is 14.5. The standard InChI is InChI=1S/C18H18BrNO2/c1-22-18(21)15-4-5-16-12-20(9-8-14(16)10-15)11-13-2-6-17(19)7-3-13/h2-7,10H,8-9,11-12H2,1H3. The van der Waals surface area contributed by atoms with E-state index in [0.717, 1.165) is 30.5 Å². The second kappa shape index (κ2) is 6.63. The summed E-state index contributed by atoms with van der Waals surface area (Å²) in [5, 5.41) is 0. The van der Waals surface area contributed by atoms with Crippen molar-refractivity contribution in [2.24, 2.45) is 0 Å². The summed E-state index contributed by atoms with van der Waals surface area (Å²) < 4.78 is 5.89. The van der Waals surface area contributed by atoms with Crippen molar-refractivity contribution in [1.29, 1.82) is 0 Å². The van der Waals surface area contributed by atoms with Crippen LogP contribution in [0.4, 0.5) is 0 Å². The summed E-state index contributed by atoms with van der Waals surface area (Å²) in [5.74, 6) is -0.264. The lowest BCUT2D eigenvalue weighted by atomic mass is 9.97. The molecule has 2 aromatic rings. The van der Waals surface area contributed by atoms with E-state index in [9.17, 15) is 4.79 Å². The maximum Gasteiger partial charge on any atom is 0.337 e. The Balaban J connectivity index is 1.71. The van der Waals surface area contributed by atoms with Crippen LogP contribution in [0, 0.1) is 0 Å². The van der Waals surface area contributed by atoms with Gasteiger partial charge >= 0.3 is 5.97 Å². The number of hydrogen-bond acceptors (Lipinski definition) is 3. The first kappa shape index (κ1) is 15.3. The van der Waals surface area contributed by atoms with Gasteiger partial charge in [0.2, 0.25) is 0 Å². The second-order valence-corrected chi connectivity index (χ2v) is 6.48. The molecule has 0 aliphatic carbocycles. The molecule has 0 amide bonds. The van der Waals surface area contributed by atoms with Crippen LogP contribution >= 0.6 is 15.9 Å². The molecule has 0 atom stereocenters. The lowest BCUT2D eigenvalue weighted by Gasteiger charge is -2.29. The zero-order valence-corrected chi connectivity index (χ0v) is 14.1. The Labute approximate surface area is 139 Å². The van der Waals surface area contributed by atoms with E-state index < -0.39 is 0 Å². The highest BCUT2D eigenvalue weighted by molar-refractivity contribution is 9.10. The summed E-state index contributed by atoms with van der Waals surface area (Å²) in [7, 11) is 1.42. The Bertz CT molecular complexity index is 682. The Kier molecular flexibility index (Phi) is 4.60. The van der Waals surface area contributed by atoms with Gasteiger partial charge in [-0.25, -0.2) is 4.79 Å². The molecular formula is C18H18BrNO2. The summed E-state index contributed by atoms with van der Waals surface area (Å²) in [6, 6.07) is 14.3. The van der Waals surface area contributed by atoms with Gasteiger partial charge in [0.15, 0.2) is 0 Å². The van der Waals surface area contributed by atoms with Crippen molar-refractivity contribution in [3.8, 4) is 0 Å². The smallest absolute Gasteiger partial charge is 0.337 e. The number of rotatable bonds is 3. The van der Waals surface area contributed by atoms with Crippen molar-refractivity contribution in [1.82, 2.24) is 4.90 Å². The molecule has 0 N–H and O–H groups in total. The quantitative estimate of drug-likeness (QED) is 0.780. The highest BCUT2D eigenvalue weighted by atomic mass is 79.9. The van der Waals surface area contributed by atoms with E-state index in [1.54, 1.807) is 0 Å². The molecule has 3 rings (SSSR count). The number of carbonyl (C=O) groups excluding carboxylic acids is 1. The first-order chi connectivity index (χ1) is 10.7. The Hall–Kier alpha value is -1.65. The first-order valence-electron chi connectivity index (χ1n) is 7.32. The molecule has 0 saturated heterocycles. The topological polar surface area (TPSA) is 29.5 Å². The van der Waals surface area contributed by atoms with Crippen molar-refractivity contribution >= 4 is 21.9 Å². The molecule has 1 heterocycles. The lowest BCUT2D eigenvalue weighted by Crippen LogP contribution is -2.30. The Morgan fingerprint density at radius 2 is 1.95 bits per heavy atom. The van der Waals surface area contributed by atoms with Crippen LogP contribution in [-0.2, 0) is 24.2 Å². The molecule has 0 spiro atoms. The number of hydrogen-bond donors (Lipinski definition) is 0. The van der Waals surface area contributed by atoms with Gasteiger partial charge in [0, 0.05) is 24.1 Å². The van der Waals surface area contributed by atoms with Crippen LogP contribution in [0.1, 0.15) is 27.0 Å². The van der Waals surface area contributed by atoms with Crippen molar-refractivity contribution in [2.75, 3.05) is 13.7 Å². The molecule has 0 unspecified atom stereocenters. The minimum atomic E-state index is -0.264. The minimum Gasteiger partial charge on any atom is -0.465 e. The third-order valence-electron chi connectivity index (χ3n) is 4.04. The number of esters is 1. The van der Waals surface area contributed by atoms with Crippen molar-refractivity contribution < 1.29 is 9.53 Å². The van der Waals surface area contributed by atoms with E-state index in [1.165, 1.54) is 23.8 Å². The van der Waals surface area contributed by atoms with Crippen molar-refractivity contribution in [3.05, 3.63) is 69.2 Å². The van der Waals surface area contributed by atoms with E-state index in [0.29, 0.717) is 5.56 Å². The average Bonchev–Trinajstić information content (AvgIpc) is 2.55. The summed E-state index contributed by atoms with van der Waals surface area (Å²) >= 11 is 3.46. The van der Waals surface area contributed by atoms with Crippen LogP contribution in [0.5, 0.6) is 0 Å². The molecule has 0 radical (unpaired) electrons. The number of nitrogens with zero attached hydrogens (tertiary/aromatic N) is 1. The highest BCUT2D eigenvalue weighted by Crippen LogP contribution is 2.22. The van der Waals surface area contributed by atoms with Crippen LogP contribution in [0.3, 0.4) is 0 Å². The van der Waals surface area contributed by atoms with Crippen molar-refractivity contribution in [3.63, 3.8) is 0 Å². The largest absolute Gasteiger partial charge is 0.465 e. The van der Waals surface area contributed by atoms with Crippen LogP contribution < -0.4 is 0 Å². The van der Waals surface area contributed by atoms with Crippen LogP contribution in [0.25, 0.3) is 0 Å². The van der Waals surface area contributed by atoms with Gasteiger partial charge in [-0.2, -0.15) is 0 Å². The highest BCUT2D eigenvalue weighted by Gasteiger charge is 2.18. The van der Waals surface area contributed by atoms with Gasteiger partial charge in [-0.3, -0.25) is 4.90 Å². The molecule has 4 heteroatoms. The van der Waals surface area contributed by atoms with Gasteiger partial charge in [0.1, 0.15) is 0 Å². The molecule has 0 fully saturated rings. The van der Waals surface area contributed by atoms with E-state index >= 15 is 0 Å². The molecule has 3 nitrogen and oxygen atoms in total. The molecular weight excluding hydrogens is 342 g/mol. The third-order valence-corrected chi connectivity index (χ3v) is 4.57. The van der Waals surface area contributed by atoms with E-state index in [-0.39, 0.29) is 5.97 Å². The predicted octanol–water partition coefficient (Wildman–Crippen LogP) is 3.79. The third kappa shape index (κ3) is 3.39. The average molecular weight is 360 g/mol. The predicted molar refractivity (Wildman–Crippen MR) is 89.7 cm³/mol. The number of methoxy groups -OCH3 is 1. The monoisotopic (exact) mass is 359 g/mol. The number of benzene rings is 2. The summed E-state index contributed by atoms with van der Waals surface area (Å²) in [4.78, 5) is 14.0.